The van der Waals surface area contributed by atoms with E-state index in [1.807, 2.05) is 6.08 Å². The van der Waals surface area contributed by atoms with Gasteiger partial charge < -0.3 is 100 Å². The van der Waals surface area contributed by atoms with Crippen LogP contribution in [0.1, 0.15) is 252 Å². The molecule has 18 atom stereocenters. The predicted molar refractivity (Wildman–Crippen MR) is 334 cm³/mol. The van der Waals surface area contributed by atoms with Gasteiger partial charge in [-0.05, 0) is 19.3 Å². The molecule has 0 aliphatic carbocycles. The van der Waals surface area contributed by atoms with Gasteiger partial charge in [0, 0.05) is 19.8 Å². The number of allylic oxidation sites excluding steroid dienone is 1. The molecular formula is C66H122N2O21. The third kappa shape index (κ3) is 30.2. The maximum Gasteiger partial charge on any atom is 0.364 e. The van der Waals surface area contributed by atoms with Gasteiger partial charge in [0.2, 0.25) is 11.8 Å². The maximum absolute atomic E-state index is 13.4. The lowest BCUT2D eigenvalue weighted by Gasteiger charge is -2.50. The van der Waals surface area contributed by atoms with Crippen molar-refractivity contribution in [3.8, 4) is 0 Å². The van der Waals surface area contributed by atoms with E-state index in [1.54, 1.807) is 6.08 Å². The van der Waals surface area contributed by atoms with Crippen LogP contribution in [-0.2, 0) is 42.8 Å². The summed E-state index contributed by atoms with van der Waals surface area (Å²) in [7, 11) is 0. The van der Waals surface area contributed by atoms with Crippen molar-refractivity contribution >= 4 is 17.8 Å². The quantitative estimate of drug-likeness (QED) is 0.0249. The van der Waals surface area contributed by atoms with E-state index in [1.165, 1.54) is 161 Å². The number of carbonyl (C=O) groups is 3. The van der Waals surface area contributed by atoms with E-state index in [4.69, 9.17) is 28.4 Å². The number of aliphatic hydroxyl groups is 11. The van der Waals surface area contributed by atoms with Gasteiger partial charge in [-0.3, -0.25) is 9.59 Å². The molecule has 3 saturated heterocycles. The fourth-order valence-electron chi connectivity index (χ4n) is 12.2. The van der Waals surface area contributed by atoms with Gasteiger partial charge in [0.05, 0.1) is 50.7 Å². The number of hydrogen-bond acceptors (Lipinski definition) is 20. The number of hydrogen-bond donors (Lipinski definition) is 14. The molecule has 0 radical (unpaired) electrons. The van der Waals surface area contributed by atoms with Crippen molar-refractivity contribution in [2.45, 2.75) is 362 Å². The molecule has 0 aromatic rings. The Balaban J connectivity index is 1.61. The van der Waals surface area contributed by atoms with Crippen LogP contribution in [0.3, 0.4) is 0 Å². The SMILES string of the molecule is CCCCCCCCCCCCCCCCC/C=C/C(O)C(COC1OC(CO)C(OC2OC(CO)C(O)C(OC3(C(=O)O)CC(O)C(NC(C)=O)C(C(O)C(O)CO)O3)C2O)C(O)C1O)NC(=O)CCCCCCCCCCCCCCCCCCCC. The smallest absolute Gasteiger partial charge is 0.364 e. The minimum Gasteiger partial charge on any atom is -0.477 e. The molecule has 89 heavy (non-hydrogen) atoms. The Kier molecular flexibility index (Phi) is 43.0. The Morgan fingerprint density at radius 3 is 1.49 bits per heavy atom. The molecule has 2 amide bonds. The summed E-state index contributed by atoms with van der Waals surface area (Å²) in [6, 6.07) is -2.61. The average molecular weight is 1280 g/mol. The summed E-state index contributed by atoms with van der Waals surface area (Å²) in [5, 5.41) is 136. The zero-order valence-electron chi connectivity index (χ0n) is 54.3. The van der Waals surface area contributed by atoms with Gasteiger partial charge in [0.15, 0.2) is 12.6 Å². The lowest BCUT2D eigenvalue weighted by atomic mass is 9.88. The summed E-state index contributed by atoms with van der Waals surface area (Å²) in [5.41, 5.74) is 0. The van der Waals surface area contributed by atoms with Gasteiger partial charge in [0.1, 0.15) is 67.1 Å². The minimum atomic E-state index is -3.08. The summed E-state index contributed by atoms with van der Waals surface area (Å²) in [5.74, 6) is -6.14. The molecule has 0 spiro atoms. The second-order valence-corrected chi connectivity index (χ2v) is 25.4. The van der Waals surface area contributed by atoms with Crippen LogP contribution in [-0.4, -0.2) is 215 Å². The number of ether oxygens (including phenoxy) is 6. The van der Waals surface area contributed by atoms with Crippen molar-refractivity contribution in [3.05, 3.63) is 12.2 Å². The topological polar surface area (TPSA) is 373 Å². The number of carboxylic acids is 1. The van der Waals surface area contributed by atoms with Crippen molar-refractivity contribution in [2.24, 2.45) is 0 Å². The molecule has 0 saturated carbocycles. The molecule has 3 aliphatic heterocycles. The Morgan fingerprint density at radius 1 is 0.584 bits per heavy atom. The van der Waals surface area contributed by atoms with Crippen LogP contribution in [0.2, 0.25) is 0 Å². The van der Waals surface area contributed by atoms with Crippen LogP contribution < -0.4 is 10.6 Å². The van der Waals surface area contributed by atoms with Gasteiger partial charge in [0.25, 0.3) is 5.79 Å². The summed E-state index contributed by atoms with van der Waals surface area (Å²) in [4.78, 5) is 38.5. The van der Waals surface area contributed by atoms with Crippen molar-refractivity contribution in [2.75, 3.05) is 26.4 Å². The normalized spacial score (nSPS) is 28.8. The molecule has 0 bridgehead atoms. The number of unbranched alkanes of at least 4 members (excludes halogenated alkanes) is 32. The number of rotatable bonds is 52. The fourth-order valence-corrected chi connectivity index (χ4v) is 12.2. The summed E-state index contributed by atoms with van der Waals surface area (Å²) in [6.45, 7) is 2.15. The molecule has 0 aromatic heterocycles. The van der Waals surface area contributed by atoms with E-state index in [9.17, 15) is 75.7 Å². The van der Waals surface area contributed by atoms with Crippen molar-refractivity contribution in [1.29, 1.82) is 0 Å². The Bertz CT molecular complexity index is 1860. The Morgan fingerprint density at radius 2 is 1.04 bits per heavy atom. The van der Waals surface area contributed by atoms with E-state index >= 15 is 0 Å². The van der Waals surface area contributed by atoms with Gasteiger partial charge in [-0.15, -0.1) is 0 Å². The van der Waals surface area contributed by atoms with E-state index in [0.717, 1.165) is 51.9 Å². The van der Waals surface area contributed by atoms with Gasteiger partial charge in [-0.2, -0.15) is 0 Å². The monoisotopic (exact) mass is 1280 g/mol. The first kappa shape index (κ1) is 80.7. The van der Waals surface area contributed by atoms with Crippen LogP contribution in [0.25, 0.3) is 0 Å². The first-order valence-electron chi connectivity index (χ1n) is 34.6. The highest BCUT2D eigenvalue weighted by atomic mass is 16.8. The number of amides is 2. The molecule has 0 aromatic carbocycles. The summed E-state index contributed by atoms with van der Waals surface area (Å²) < 4.78 is 34.8. The molecular weight excluding hydrogens is 1160 g/mol. The average Bonchev–Trinajstić information content (AvgIpc) is 0.868. The highest BCUT2D eigenvalue weighted by molar-refractivity contribution is 5.77. The van der Waals surface area contributed by atoms with Crippen LogP contribution >= 0.6 is 0 Å². The van der Waals surface area contributed by atoms with Crippen molar-refractivity contribution in [1.82, 2.24) is 10.6 Å². The molecule has 522 valence electrons. The molecule has 23 nitrogen and oxygen atoms in total. The van der Waals surface area contributed by atoms with Crippen LogP contribution in [0.15, 0.2) is 12.2 Å². The van der Waals surface area contributed by atoms with Crippen LogP contribution in [0.4, 0.5) is 0 Å². The van der Waals surface area contributed by atoms with E-state index < -0.39 is 155 Å². The molecule has 3 rings (SSSR count). The molecule has 23 heteroatoms. The van der Waals surface area contributed by atoms with Crippen molar-refractivity contribution < 1.29 is 104 Å². The van der Waals surface area contributed by atoms with E-state index in [0.29, 0.717) is 12.8 Å². The standard InChI is InChI=1S/C66H122N2O21/c1-4-6-8-10-12-14-16-18-20-22-24-26-28-30-32-34-36-38-40-53(76)68-47(48(73)39-37-35-33-31-29-27-25-23-21-19-17-15-13-11-9-7-5-2)45-84-63-58(80)57(79)60(52(44-71)86-63)87-64-59(81)62(56(78)51(43-70)85-64)89-66(65(82)83)41-49(74)54(67-46(3)72)61(88-66)55(77)50(75)42-69/h37,39,47-52,54-64,69-71,73-75,77-81H,4-36,38,40-45H2,1-3H3,(H,67,72)(H,68,76)(H,82,83)/b39-37+. The number of aliphatic hydroxyl groups excluding tert-OH is 11. The van der Waals surface area contributed by atoms with Gasteiger partial charge >= 0.3 is 5.97 Å². The zero-order valence-corrected chi connectivity index (χ0v) is 54.3. The Hall–Kier alpha value is -2.53. The number of carbonyl (C=O) groups excluding carboxylic acids is 2. The number of carboxylic acid groups (broad SMARTS) is 1. The first-order chi connectivity index (χ1) is 42.9. The second-order valence-electron chi connectivity index (χ2n) is 25.4. The van der Waals surface area contributed by atoms with Crippen molar-refractivity contribution in [3.63, 3.8) is 0 Å². The van der Waals surface area contributed by atoms with Gasteiger partial charge in [-0.25, -0.2) is 4.79 Å². The van der Waals surface area contributed by atoms with Gasteiger partial charge in [-0.1, -0.05) is 225 Å². The molecule has 14 N–H and O–H groups in total. The zero-order chi connectivity index (χ0) is 65.4. The first-order valence-corrected chi connectivity index (χ1v) is 34.6. The lowest BCUT2D eigenvalue weighted by Crippen LogP contribution is -2.70. The highest BCUT2D eigenvalue weighted by Gasteiger charge is 2.60. The van der Waals surface area contributed by atoms with Crippen LogP contribution in [0, 0.1) is 0 Å². The second kappa shape index (κ2) is 47.4. The summed E-state index contributed by atoms with van der Waals surface area (Å²) >= 11 is 0. The van der Waals surface area contributed by atoms with E-state index in [2.05, 4.69) is 24.5 Å². The van der Waals surface area contributed by atoms with E-state index in [-0.39, 0.29) is 12.3 Å². The molecule has 3 aliphatic rings. The molecule has 3 fully saturated rings. The van der Waals surface area contributed by atoms with Crippen LogP contribution in [0.5, 0.6) is 0 Å². The number of aliphatic carboxylic acids is 1. The highest BCUT2D eigenvalue weighted by Crippen LogP contribution is 2.39. The Labute approximate surface area is 531 Å². The fraction of sp³-hybridized carbons (Fsp3) is 0.924. The lowest BCUT2D eigenvalue weighted by molar-refractivity contribution is -0.386. The third-order valence-electron chi connectivity index (χ3n) is 17.7. The molecule has 18 unspecified atom stereocenters. The summed E-state index contributed by atoms with van der Waals surface area (Å²) in [6.07, 6.45) is 15.4. The number of nitrogens with one attached hydrogen (secondary N) is 2. The third-order valence-corrected chi connectivity index (χ3v) is 17.7. The largest absolute Gasteiger partial charge is 0.477 e. The predicted octanol–water partition coefficient (Wildman–Crippen LogP) is 5.90. The molecule has 3 heterocycles. The minimum absolute atomic E-state index is 0.205. The maximum atomic E-state index is 13.4.